The average Bonchev–Trinajstić information content (AvgIpc) is 2.88. The van der Waals surface area contributed by atoms with Gasteiger partial charge in [0.05, 0.1) is 24.8 Å². The maximum atomic E-state index is 15.1. The maximum Gasteiger partial charge on any atom is 0.303 e. The van der Waals surface area contributed by atoms with E-state index in [0.717, 1.165) is 26.5 Å². The largest absolute Gasteiger partial charge is 0.493 e. The fourth-order valence-electron chi connectivity index (χ4n) is 4.13. The molecule has 3 N–H and O–H groups in total. The van der Waals surface area contributed by atoms with Crippen molar-refractivity contribution in [1.29, 1.82) is 0 Å². The van der Waals surface area contributed by atoms with Crippen LogP contribution in [0.25, 0.3) is 10.9 Å². The van der Waals surface area contributed by atoms with Crippen molar-refractivity contribution in [2.24, 2.45) is 0 Å². The molecule has 0 spiro atoms. The van der Waals surface area contributed by atoms with Gasteiger partial charge in [0.1, 0.15) is 30.0 Å². The quantitative estimate of drug-likeness (QED) is 0.321. The molecular formula is C27H33F3N4O5. The van der Waals surface area contributed by atoms with E-state index in [0.29, 0.717) is 53.8 Å². The standard InChI is InChI=1S/C27H33F3N4O5/c1-15-32-20-12-22(36-5)23(38-14-17-13-31-9-10-37-17)11-18(20)25(33-15)34-16(2)39-21-8-6-7-19(24(21)28)27(29,30)26(3,4)35/h6-8,11-12,16-17,31,35H,9-10,13-14H2,1-5H3,(H,32,33,34)/t16-,17?/m1/s1. The average molecular weight is 551 g/mol. The molecule has 39 heavy (non-hydrogen) atoms. The predicted octanol–water partition coefficient (Wildman–Crippen LogP) is 4.15. The number of benzene rings is 2. The van der Waals surface area contributed by atoms with Crippen molar-refractivity contribution >= 4 is 16.7 Å². The predicted molar refractivity (Wildman–Crippen MR) is 139 cm³/mol. The second-order valence-corrected chi connectivity index (χ2v) is 9.80. The third-order valence-corrected chi connectivity index (χ3v) is 6.24. The second kappa shape index (κ2) is 11.4. The summed E-state index contributed by atoms with van der Waals surface area (Å²) in [6.45, 7) is 7.48. The number of morpholine rings is 1. The zero-order valence-electron chi connectivity index (χ0n) is 22.5. The Morgan fingerprint density at radius 2 is 1.97 bits per heavy atom. The van der Waals surface area contributed by atoms with Crippen molar-refractivity contribution in [3.8, 4) is 17.2 Å². The number of ether oxygens (including phenoxy) is 4. The van der Waals surface area contributed by atoms with Crippen LogP contribution >= 0.6 is 0 Å². The Morgan fingerprint density at radius 3 is 2.64 bits per heavy atom. The number of hydrogen-bond acceptors (Lipinski definition) is 9. The molecule has 9 nitrogen and oxygen atoms in total. The molecule has 1 aromatic heterocycles. The molecule has 3 aromatic rings. The summed E-state index contributed by atoms with van der Waals surface area (Å²) in [5.41, 5.74) is -2.88. The van der Waals surface area contributed by atoms with Gasteiger partial charge in [-0.1, -0.05) is 6.07 Å². The van der Waals surface area contributed by atoms with Gasteiger partial charge < -0.3 is 34.7 Å². The van der Waals surface area contributed by atoms with E-state index in [2.05, 4.69) is 20.6 Å². The highest BCUT2D eigenvalue weighted by molar-refractivity contribution is 5.91. The second-order valence-electron chi connectivity index (χ2n) is 9.80. The monoisotopic (exact) mass is 550 g/mol. The molecule has 12 heteroatoms. The number of aliphatic hydroxyl groups is 1. The molecular weight excluding hydrogens is 517 g/mol. The van der Waals surface area contributed by atoms with Gasteiger partial charge in [0.15, 0.2) is 29.3 Å². The van der Waals surface area contributed by atoms with Crippen LogP contribution in [0.4, 0.5) is 19.0 Å². The molecule has 1 fully saturated rings. The Morgan fingerprint density at radius 1 is 1.21 bits per heavy atom. The molecule has 0 aliphatic carbocycles. The lowest BCUT2D eigenvalue weighted by molar-refractivity contribution is -0.170. The lowest BCUT2D eigenvalue weighted by Gasteiger charge is -2.30. The fourth-order valence-corrected chi connectivity index (χ4v) is 4.13. The molecule has 2 atom stereocenters. The lowest BCUT2D eigenvalue weighted by Crippen LogP contribution is -2.41. The number of fused-ring (bicyclic) bond motifs is 1. The summed E-state index contributed by atoms with van der Waals surface area (Å²) in [5, 5.41) is 16.8. The van der Waals surface area contributed by atoms with Crippen molar-refractivity contribution in [3.05, 3.63) is 47.5 Å². The first-order valence-corrected chi connectivity index (χ1v) is 12.5. The van der Waals surface area contributed by atoms with Crippen molar-refractivity contribution in [2.45, 2.75) is 51.6 Å². The van der Waals surface area contributed by atoms with Crippen molar-refractivity contribution < 1.29 is 37.2 Å². The molecule has 0 radical (unpaired) electrons. The van der Waals surface area contributed by atoms with Gasteiger partial charge in [-0.15, -0.1) is 0 Å². The van der Waals surface area contributed by atoms with Gasteiger partial charge in [0.25, 0.3) is 0 Å². The van der Waals surface area contributed by atoms with Gasteiger partial charge in [0, 0.05) is 24.5 Å². The molecule has 1 unspecified atom stereocenters. The molecule has 212 valence electrons. The molecule has 2 aromatic carbocycles. The van der Waals surface area contributed by atoms with Gasteiger partial charge in [0.2, 0.25) is 0 Å². The number of nitrogens with zero attached hydrogens (tertiary/aromatic N) is 2. The van der Waals surface area contributed by atoms with Gasteiger partial charge in [-0.2, -0.15) is 8.78 Å². The third kappa shape index (κ3) is 6.29. The van der Waals surface area contributed by atoms with E-state index >= 15 is 4.39 Å². The summed E-state index contributed by atoms with van der Waals surface area (Å²) in [5.74, 6) is -3.76. The van der Waals surface area contributed by atoms with Crippen LogP contribution in [0.3, 0.4) is 0 Å². The normalized spacial score (nSPS) is 17.1. The number of anilines is 1. The Bertz CT molecular complexity index is 1310. The number of alkyl halides is 2. The number of hydrogen-bond donors (Lipinski definition) is 3. The van der Waals surface area contributed by atoms with E-state index in [1.165, 1.54) is 19.2 Å². The van der Waals surface area contributed by atoms with Crippen molar-refractivity contribution in [2.75, 3.05) is 38.7 Å². The molecule has 2 heterocycles. The zero-order chi connectivity index (χ0) is 28.4. The molecule has 4 rings (SSSR count). The fraction of sp³-hybridized carbons (Fsp3) is 0.481. The smallest absolute Gasteiger partial charge is 0.303 e. The first kappa shape index (κ1) is 28.7. The minimum atomic E-state index is -3.85. The molecule has 0 saturated carbocycles. The van der Waals surface area contributed by atoms with Crippen LogP contribution in [0.15, 0.2) is 30.3 Å². The van der Waals surface area contributed by atoms with Crippen LogP contribution in [-0.2, 0) is 10.7 Å². The van der Waals surface area contributed by atoms with Gasteiger partial charge in [-0.05, 0) is 45.9 Å². The van der Waals surface area contributed by atoms with Crippen LogP contribution < -0.4 is 24.8 Å². The number of halogens is 3. The van der Waals surface area contributed by atoms with E-state index in [9.17, 15) is 13.9 Å². The SMILES string of the molecule is COc1cc2nc(C)nc(N[C@@H](C)Oc3cccc(C(F)(F)C(C)(C)O)c3F)c2cc1OCC1CNCCO1. The van der Waals surface area contributed by atoms with Gasteiger partial charge in [-0.25, -0.2) is 14.4 Å². The molecule has 0 amide bonds. The van der Waals surface area contributed by atoms with Crippen molar-refractivity contribution in [1.82, 2.24) is 15.3 Å². The van der Waals surface area contributed by atoms with Crippen LogP contribution in [0, 0.1) is 12.7 Å². The molecule has 1 aliphatic heterocycles. The Labute approximate surface area is 224 Å². The minimum absolute atomic E-state index is 0.117. The van der Waals surface area contributed by atoms with Gasteiger partial charge in [-0.3, -0.25) is 0 Å². The summed E-state index contributed by atoms with van der Waals surface area (Å²) in [4.78, 5) is 8.93. The van der Waals surface area contributed by atoms with Crippen LogP contribution in [0.5, 0.6) is 17.2 Å². The first-order valence-electron chi connectivity index (χ1n) is 12.5. The van der Waals surface area contributed by atoms with Gasteiger partial charge >= 0.3 is 5.92 Å². The Balaban J connectivity index is 1.59. The van der Waals surface area contributed by atoms with Crippen molar-refractivity contribution in [3.63, 3.8) is 0 Å². The maximum absolute atomic E-state index is 15.1. The molecule has 1 saturated heterocycles. The number of methoxy groups -OCH3 is 1. The summed E-state index contributed by atoms with van der Waals surface area (Å²) in [6.07, 6.45) is -1.01. The van der Waals surface area contributed by atoms with Crippen LogP contribution in [-0.4, -0.2) is 66.4 Å². The molecule has 1 aliphatic rings. The summed E-state index contributed by atoms with van der Waals surface area (Å²) >= 11 is 0. The number of aryl methyl sites for hydroxylation is 1. The molecule has 0 bridgehead atoms. The summed E-state index contributed by atoms with van der Waals surface area (Å²) < 4.78 is 67.3. The minimum Gasteiger partial charge on any atom is -0.493 e. The number of aromatic nitrogens is 2. The van der Waals surface area contributed by atoms with Crippen LogP contribution in [0.2, 0.25) is 0 Å². The van der Waals surface area contributed by atoms with Crippen LogP contribution in [0.1, 0.15) is 32.2 Å². The highest BCUT2D eigenvalue weighted by Crippen LogP contribution is 2.42. The zero-order valence-corrected chi connectivity index (χ0v) is 22.5. The summed E-state index contributed by atoms with van der Waals surface area (Å²) in [7, 11) is 1.53. The highest BCUT2D eigenvalue weighted by atomic mass is 19.3. The first-order chi connectivity index (χ1) is 18.4. The topological polar surface area (TPSA) is 107 Å². The lowest BCUT2D eigenvalue weighted by atomic mass is 9.93. The number of nitrogens with one attached hydrogen (secondary N) is 2. The van der Waals surface area contributed by atoms with E-state index in [1.807, 2.05) is 0 Å². The van der Waals surface area contributed by atoms with E-state index < -0.39 is 34.9 Å². The third-order valence-electron chi connectivity index (χ3n) is 6.24. The van der Waals surface area contributed by atoms with E-state index in [4.69, 9.17) is 18.9 Å². The summed E-state index contributed by atoms with van der Waals surface area (Å²) in [6, 6.07) is 6.84. The van der Waals surface area contributed by atoms with E-state index in [-0.39, 0.29) is 6.10 Å². The Hall–Kier alpha value is -3.35. The number of rotatable bonds is 10. The Kier molecular flexibility index (Phi) is 8.38. The highest BCUT2D eigenvalue weighted by Gasteiger charge is 2.49. The van der Waals surface area contributed by atoms with E-state index in [1.54, 1.807) is 26.0 Å².